The molecule has 3 rings (SSSR count). The molecule has 22 heavy (non-hydrogen) atoms. The molecule has 4 nitrogen and oxygen atoms in total. The van der Waals surface area contributed by atoms with Crippen LogP contribution in [-0.2, 0) is 0 Å². The fraction of sp³-hybridized carbons (Fsp3) is 0.0667. The van der Waals surface area contributed by atoms with E-state index in [1.807, 2.05) is 5.38 Å². The van der Waals surface area contributed by atoms with Crippen LogP contribution in [0.1, 0.15) is 10.5 Å². The van der Waals surface area contributed by atoms with Gasteiger partial charge in [-0.1, -0.05) is 23.2 Å². The molecule has 0 radical (unpaired) electrons. The van der Waals surface area contributed by atoms with Crippen LogP contribution in [0, 0.1) is 0 Å². The minimum atomic E-state index is 0.425. The number of carbonyl (C=O) groups excluding carboxylic acids is 1. The van der Waals surface area contributed by atoms with Crippen molar-refractivity contribution in [2.24, 2.45) is 0 Å². The number of carbonyl (C=O) groups is 1. The molecule has 0 atom stereocenters. The van der Waals surface area contributed by atoms with Crippen molar-refractivity contribution in [3.63, 3.8) is 0 Å². The highest BCUT2D eigenvalue weighted by molar-refractivity contribution is 7.12. The van der Waals surface area contributed by atoms with E-state index < -0.39 is 0 Å². The van der Waals surface area contributed by atoms with E-state index in [4.69, 9.17) is 27.9 Å². The van der Waals surface area contributed by atoms with E-state index >= 15 is 0 Å². The second kappa shape index (κ2) is 6.12. The Morgan fingerprint density at radius 1 is 1.36 bits per heavy atom. The molecule has 0 aliphatic heterocycles. The number of benzene rings is 1. The minimum absolute atomic E-state index is 0.425. The summed E-state index contributed by atoms with van der Waals surface area (Å²) in [6.07, 6.45) is 2.58. The minimum Gasteiger partial charge on any atom is -0.494 e. The monoisotopic (exact) mass is 352 g/mol. The maximum absolute atomic E-state index is 11.0. The molecule has 0 saturated carbocycles. The number of methoxy groups -OCH3 is 1. The number of hydrogen-bond acceptors (Lipinski definition) is 4. The molecule has 2 heterocycles. The number of aldehydes is 1. The van der Waals surface area contributed by atoms with Gasteiger partial charge in [0, 0.05) is 22.2 Å². The number of thiazole rings is 1. The fourth-order valence-corrected chi connectivity index (χ4v) is 3.52. The zero-order chi connectivity index (χ0) is 15.7. The number of aromatic nitrogens is 2. The maximum Gasteiger partial charge on any atom is 0.194 e. The van der Waals surface area contributed by atoms with Crippen LogP contribution in [0.5, 0.6) is 5.75 Å². The highest BCUT2D eigenvalue weighted by Gasteiger charge is 2.15. The van der Waals surface area contributed by atoms with Gasteiger partial charge in [0.25, 0.3) is 0 Å². The largest absolute Gasteiger partial charge is 0.494 e. The number of halogens is 2. The van der Waals surface area contributed by atoms with Gasteiger partial charge in [-0.15, -0.1) is 11.3 Å². The van der Waals surface area contributed by atoms with Crippen LogP contribution in [0.3, 0.4) is 0 Å². The van der Waals surface area contributed by atoms with Crippen molar-refractivity contribution in [1.82, 2.24) is 9.55 Å². The summed E-state index contributed by atoms with van der Waals surface area (Å²) < 4.78 is 7.06. The number of hydrogen-bond donors (Lipinski definition) is 0. The molecule has 0 unspecified atom stereocenters. The van der Waals surface area contributed by atoms with Gasteiger partial charge in [0.2, 0.25) is 0 Å². The molecule has 0 bridgehead atoms. The van der Waals surface area contributed by atoms with Crippen molar-refractivity contribution in [2.75, 3.05) is 7.11 Å². The number of ether oxygens (including phenoxy) is 1. The van der Waals surface area contributed by atoms with Gasteiger partial charge >= 0.3 is 0 Å². The van der Waals surface area contributed by atoms with Gasteiger partial charge in [-0.05, 0) is 24.3 Å². The second-order valence-electron chi connectivity index (χ2n) is 4.40. The van der Waals surface area contributed by atoms with Crippen molar-refractivity contribution in [3.05, 3.63) is 51.6 Å². The Kier molecular flexibility index (Phi) is 4.20. The fourth-order valence-electron chi connectivity index (χ4n) is 2.12. The highest BCUT2D eigenvalue weighted by atomic mass is 35.5. The lowest BCUT2D eigenvalue weighted by Crippen LogP contribution is -1.97. The summed E-state index contributed by atoms with van der Waals surface area (Å²) in [4.78, 5) is 15.6. The zero-order valence-corrected chi connectivity index (χ0v) is 13.7. The molecule has 0 fully saturated rings. The molecule has 0 saturated heterocycles. The number of nitrogens with zero attached hydrogens (tertiary/aromatic N) is 2. The molecule has 0 aliphatic carbocycles. The predicted octanol–water partition coefficient (Wildman–Crippen LogP) is 4.73. The highest BCUT2D eigenvalue weighted by Crippen LogP contribution is 2.39. The first kappa shape index (κ1) is 15.1. The van der Waals surface area contributed by atoms with Crippen molar-refractivity contribution >= 4 is 40.8 Å². The van der Waals surface area contributed by atoms with Crippen molar-refractivity contribution in [1.29, 1.82) is 0 Å². The third-order valence-corrected chi connectivity index (χ3v) is 4.43. The van der Waals surface area contributed by atoms with Crippen molar-refractivity contribution in [3.8, 4) is 22.1 Å². The molecule has 0 spiro atoms. The smallest absolute Gasteiger partial charge is 0.194 e. The first-order chi connectivity index (χ1) is 10.6. The van der Waals surface area contributed by atoms with Crippen LogP contribution in [-0.4, -0.2) is 22.9 Å². The first-order valence-corrected chi connectivity index (χ1v) is 7.89. The lowest BCUT2D eigenvalue weighted by Gasteiger charge is -2.09. The summed E-state index contributed by atoms with van der Waals surface area (Å²) in [5.74, 6) is 0.519. The van der Waals surface area contributed by atoms with Crippen LogP contribution in [0.15, 0.2) is 35.8 Å². The van der Waals surface area contributed by atoms with Crippen molar-refractivity contribution in [2.45, 2.75) is 0 Å². The van der Waals surface area contributed by atoms with E-state index in [2.05, 4.69) is 4.98 Å². The summed E-state index contributed by atoms with van der Waals surface area (Å²) in [6, 6.07) is 6.89. The van der Waals surface area contributed by atoms with Crippen LogP contribution < -0.4 is 4.74 Å². The Hall–Kier alpha value is -1.82. The van der Waals surface area contributed by atoms with E-state index in [0.29, 0.717) is 37.9 Å². The van der Waals surface area contributed by atoms with Crippen molar-refractivity contribution < 1.29 is 9.53 Å². The quantitative estimate of drug-likeness (QED) is 0.637. The molecule has 0 aliphatic rings. The summed E-state index contributed by atoms with van der Waals surface area (Å²) in [6.45, 7) is 0. The maximum atomic E-state index is 11.0. The second-order valence-corrected chi connectivity index (χ2v) is 6.08. The standard InChI is InChI=1S/C15H10Cl2N2O2S/c1-21-14-11(5-9(16)6-12(14)17)13-8-22-15(18-13)19-4-2-3-10(19)7-20/h2-8H,1H3. The van der Waals surface area contributed by atoms with E-state index in [1.165, 1.54) is 11.3 Å². The average molecular weight is 353 g/mol. The van der Waals surface area contributed by atoms with Gasteiger partial charge in [-0.2, -0.15) is 0 Å². The Morgan fingerprint density at radius 2 is 2.18 bits per heavy atom. The van der Waals surface area contributed by atoms with Gasteiger partial charge in [-0.3, -0.25) is 9.36 Å². The Bertz CT molecular complexity index is 842. The van der Waals surface area contributed by atoms with Gasteiger partial charge < -0.3 is 4.74 Å². The van der Waals surface area contributed by atoms with E-state index in [1.54, 1.807) is 42.1 Å². The number of rotatable bonds is 4. The third kappa shape index (κ3) is 2.63. The van der Waals surface area contributed by atoms with E-state index in [0.717, 1.165) is 6.29 Å². The topological polar surface area (TPSA) is 44.1 Å². The lowest BCUT2D eigenvalue weighted by atomic mass is 10.1. The molecule has 7 heteroatoms. The Morgan fingerprint density at radius 3 is 2.91 bits per heavy atom. The Balaban J connectivity index is 2.10. The third-order valence-electron chi connectivity index (χ3n) is 3.09. The van der Waals surface area contributed by atoms with Crippen LogP contribution in [0.4, 0.5) is 0 Å². The summed E-state index contributed by atoms with van der Waals surface area (Å²) in [7, 11) is 1.54. The lowest BCUT2D eigenvalue weighted by molar-refractivity contribution is 0.111. The zero-order valence-electron chi connectivity index (χ0n) is 11.4. The molecular weight excluding hydrogens is 343 g/mol. The van der Waals surface area contributed by atoms with Crippen LogP contribution >= 0.6 is 34.5 Å². The molecule has 3 aromatic rings. The van der Waals surface area contributed by atoms with Gasteiger partial charge in [0.05, 0.1) is 23.5 Å². The molecule has 112 valence electrons. The SMILES string of the molecule is COc1c(Cl)cc(Cl)cc1-c1csc(-n2cccc2C=O)n1. The summed E-state index contributed by atoms with van der Waals surface area (Å²) >= 11 is 13.6. The van der Waals surface area contributed by atoms with E-state index in [9.17, 15) is 4.79 Å². The van der Waals surface area contributed by atoms with Gasteiger partial charge in [0.15, 0.2) is 11.4 Å². The van der Waals surface area contributed by atoms with E-state index in [-0.39, 0.29) is 0 Å². The normalized spacial score (nSPS) is 10.7. The summed E-state index contributed by atoms with van der Waals surface area (Å²) in [5.41, 5.74) is 1.94. The molecule has 2 aromatic heterocycles. The molecule has 1 aromatic carbocycles. The molecular formula is C15H10Cl2N2O2S. The first-order valence-electron chi connectivity index (χ1n) is 6.26. The van der Waals surface area contributed by atoms with Gasteiger partial charge in [0.1, 0.15) is 5.75 Å². The summed E-state index contributed by atoms with van der Waals surface area (Å²) in [5, 5.41) is 3.48. The Labute approximate surface area is 140 Å². The van der Waals surface area contributed by atoms with Crippen LogP contribution in [0.2, 0.25) is 10.0 Å². The predicted molar refractivity (Wildman–Crippen MR) is 88.8 cm³/mol. The average Bonchev–Trinajstić information content (AvgIpc) is 3.15. The van der Waals surface area contributed by atoms with Gasteiger partial charge in [-0.25, -0.2) is 4.98 Å². The van der Waals surface area contributed by atoms with Crippen LogP contribution in [0.25, 0.3) is 16.4 Å². The molecule has 0 N–H and O–H groups in total. The molecule has 0 amide bonds.